The second-order valence-electron chi connectivity index (χ2n) is 5.86. The third-order valence-electron chi connectivity index (χ3n) is 3.89. The minimum Gasteiger partial charge on any atom is -0.497 e. The predicted molar refractivity (Wildman–Crippen MR) is 102 cm³/mol. The Morgan fingerprint density at radius 3 is 2.62 bits per heavy atom. The van der Waals surface area contributed by atoms with Crippen molar-refractivity contribution >= 4 is 12.0 Å². The maximum atomic E-state index is 12.0. The lowest BCUT2D eigenvalue weighted by molar-refractivity contribution is -0.116. The standard InChI is InChI=1S/C21H21N3O2/c1-26-20-10-7-17(8-11-20)13-22-21(25)12-9-19-14-23-24(16-19)15-18-5-3-2-4-6-18/h2-12,14,16H,13,15H2,1H3,(H,22,25)/b12-9+. The molecule has 0 atom stereocenters. The molecule has 0 fully saturated rings. The van der Waals surface area contributed by atoms with Crippen molar-refractivity contribution in [3.05, 3.63) is 89.8 Å². The number of rotatable bonds is 7. The number of nitrogens with zero attached hydrogens (tertiary/aromatic N) is 2. The number of aromatic nitrogens is 2. The summed E-state index contributed by atoms with van der Waals surface area (Å²) in [6.45, 7) is 1.18. The topological polar surface area (TPSA) is 56.1 Å². The van der Waals surface area contributed by atoms with Crippen molar-refractivity contribution in [2.24, 2.45) is 0 Å². The van der Waals surface area contributed by atoms with Crippen LogP contribution < -0.4 is 10.1 Å². The van der Waals surface area contributed by atoms with Gasteiger partial charge >= 0.3 is 0 Å². The number of nitrogens with one attached hydrogen (secondary N) is 1. The van der Waals surface area contributed by atoms with Crippen LogP contribution in [0.5, 0.6) is 5.75 Å². The lowest BCUT2D eigenvalue weighted by Crippen LogP contribution is -2.20. The maximum Gasteiger partial charge on any atom is 0.244 e. The fourth-order valence-corrected chi connectivity index (χ4v) is 2.49. The summed E-state index contributed by atoms with van der Waals surface area (Å²) >= 11 is 0. The van der Waals surface area contributed by atoms with Crippen LogP contribution in [0.15, 0.2) is 73.1 Å². The molecule has 0 unspecified atom stereocenters. The Morgan fingerprint density at radius 2 is 1.88 bits per heavy atom. The highest BCUT2D eigenvalue weighted by Gasteiger charge is 2.00. The largest absolute Gasteiger partial charge is 0.497 e. The summed E-state index contributed by atoms with van der Waals surface area (Å²) in [5.74, 6) is 0.657. The Bertz CT molecular complexity index is 868. The van der Waals surface area contributed by atoms with Gasteiger partial charge in [0.05, 0.1) is 19.9 Å². The molecule has 2 aromatic carbocycles. The van der Waals surface area contributed by atoms with E-state index < -0.39 is 0 Å². The molecular formula is C21H21N3O2. The third kappa shape index (κ3) is 5.08. The van der Waals surface area contributed by atoms with Crippen LogP contribution in [-0.4, -0.2) is 22.8 Å². The second-order valence-corrected chi connectivity index (χ2v) is 5.86. The first-order chi connectivity index (χ1) is 12.7. The molecule has 1 N–H and O–H groups in total. The number of hydrogen-bond acceptors (Lipinski definition) is 3. The minimum absolute atomic E-state index is 0.142. The van der Waals surface area contributed by atoms with Gasteiger partial charge in [0.25, 0.3) is 0 Å². The molecule has 0 aliphatic heterocycles. The van der Waals surface area contributed by atoms with Gasteiger partial charge < -0.3 is 10.1 Å². The van der Waals surface area contributed by atoms with E-state index in [0.29, 0.717) is 13.1 Å². The zero-order valence-corrected chi connectivity index (χ0v) is 14.6. The number of carbonyl (C=O) groups is 1. The summed E-state index contributed by atoms with van der Waals surface area (Å²) in [7, 11) is 1.63. The highest BCUT2D eigenvalue weighted by Crippen LogP contribution is 2.11. The fraction of sp³-hybridized carbons (Fsp3) is 0.143. The first-order valence-corrected chi connectivity index (χ1v) is 8.38. The smallest absolute Gasteiger partial charge is 0.244 e. The Balaban J connectivity index is 1.50. The fourth-order valence-electron chi connectivity index (χ4n) is 2.49. The van der Waals surface area contributed by atoms with Gasteiger partial charge in [-0.25, -0.2) is 0 Å². The molecule has 0 radical (unpaired) electrons. The molecule has 0 spiro atoms. The lowest BCUT2D eigenvalue weighted by Gasteiger charge is -2.04. The van der Waals surface area contributed by atoms with E-state index >= 15 is 0 Å². The number of carbonyl (C=O) groups excluding carboxylic acids is 1. The number of ether oxygens (including phenoxy) is 1. The molecule has 1 aromatic heterocycles. The Kier molecular flexibility index (Phi) is 5.83. The quantitative estimate of drug-likeness (QED) is 0.668. The van der Waals surface area contributed by atoms with Crippen LogP contribution in [-0.2, 0) is 17.9 Å². The predicted octanol–water partition coefficient (Wildman–Crippen LogP) is 3.27. The van der Waals surface area contributed by atoms with Gasteiger partial charge in [0.2, 0.25) is 5.91 Å². The second kappa shape index (κ2) is 8.67. The number of amides is 1. The molecule has 5 heteroatoms. The molecule has 5 nitrogen and oxygen atoms in total. The third-order valence-corrected chi connectivity index (χ3v) is 3.89. The highest BCUT2D eigenvalue weighted by atomic mass is 16.5. The number of hydrogen-bond donors (Lipinski definition) is 1. The molecule has 1 heterocycles. The Morgan fingerprint density at radius 1 is 1.12 bits per heavy atom. The van der Waals surface area contributed by atoms with Crippen LogP contribution in [0.25, 0.3) is 6.08 Å². The summed E-state index contributed by atoms with van der Waals surface area (Å²) in [6.07, 6.45) is 6.95. The molecule has 0 aliphatic rings. The summed E-state index contributed by atoms with van der Waals surface area (Å²) in [4.78, 5) is 12.0. The van der Waals surface area contributed by atoms with Crippen molar-refractivity contribution < 1.29 is 9.53 Å². The average Bonchev–Trinajstić information content (AvgIpc) is 3.13. The van der Waals surface area contributed by atoms with E-state index in [4.69, 9.17) is 4.74 Å². The molecule has 0 bridgehead atoms. The van der Waals surface area contributed by atoms with Gasteiger partial charge in [0.15, 0.2) is 0 Å². The normalized spacial score (nSPS) is 10.8. The van der Waals surface area contributed by atoms with Gasteiger partial charge in [-0.3, -0.25) is 9.48 Å². The van der Waals surface area contributed by atoms with Gasteiger partial charge in [-0.1, -0.05) is 42.5 Å². The van der Waals surface area contributed by atoms with Crippen LogP contribution >= 0.6 is 0 Å². The van der Waals surface area contributed by atoms with E-state index in [1.54, 1.807) is 19.4 Å². The summed E-state index contributed by atoms with van der Waals surface area (Å²) in [5.41, 5.74) is 3.09. The zero-order valence-electron chi connectivity index (χ0n) is 14.6. The molecule has 26 heavy (non-hydrogen) atoms. The van der Waals surface area contributed by atoms with Gasteiger partial charge in [-0.15, -0.1) is 0 Å². The molecule has 0 aliphatic carbocycles. The van der Waals surface area contributed by atoms with Crippen molar-refractivity contribution in [3.8, 4) is 5.75 Å². The van der Waals surface area contributed by atoms with Gasteiger partial charge in [0, 0.05) is 24.4 Å². The molecule has 1 amide bonds. The first kappa shape index (κ1) is 17.5. The summed E-state index contributed by atoms with van der Waals surface area (Å²) in [6, 6.07) is 17.7. The monoisotopic (exact) mass is 347 g/mol. The van der Waals surface area contributed by atoms with Crippen molar-refractivity contribution in [3.63, 3.8) is 0 Å². The van der Waals surface area contributed by atoms with E-state index in [0.717, 1.165) is 16.9 Å². The van der Waals surface area contributed by atoms with Gasteiger partial charge in [0.1, 0.15) is 5.75 Å². The van der Waals surface area contributed by atoms with Crippen molar-refractivity contribution in [1.82, 2.24) is 15.1 Å². The highest BCUT2D eigenvalue weighted by molar-refractivity contribution is 5.91. The van der Waals surface area contributed by atoms with E-state index in [1.807, 2.05) is 53.3 Å². The zero-order chi connectivity index (χ0) is 18.2. The Labute approximate surface area is 152 Å². The van der Waals surface area contributed by atoms with Gasteiger partial charge in [-0.2, -0.15) is 5.10 Å². The molecule has 0 saturated carbocycles. The minimum atomic E-state index is -0.142. The van der Waals surface area contributed by atoms with Crippen LogP contribution in [0.3, 0.4) is 0 Å². The van der Waals surface area contributed by atoms with Gasteiger partial charge in [-0.05, 0) is 29.3 Å². The number of benzene rings is 2. The molecule has 3 aromatic rings. The Hall–Kier alpha value is -3.34. The molecule has 3 rings (SSSR count). The first-order valence-electron chi connectivity index (χ1n) is 8.38. The average molecular weight is 347 g/mol. The molecule has 0 saturated heterocycles. The van der Waals surface area contributed by atoms with E-state index in [1.165, 1.54) is 11.6 Å². The molecule has 132 valence electrons. The SMILES string of the molecule is COc1ccc(CNC(=O)/C=C/c2cnn(Cc3ccccc3)c2)cc1. The van der Waals surface area contributed by atoms with E-state index in [-0.39, 0.29) is 5.91 Å². The van der Waals surface area contributed by atoms with Crippen LogP contribution in [0.1, 0.15) is 16.7 Å². The number of methoxy groups -OCH3 is 1. The van der Waals surface area contributed by atoms with Crippen molar-refractivity contribution in [2.45, 2.75) is 13.1 Å². The van der Waals surface area contributed by atoms with E-state index in [2.05, 4.69) is 22.5 Å². The van der Waals surface area contributed by atoms with E-state index in [9.17, 15) is 4.79 Å². The van der Waals surface area contributed by atoms with Crippen molar-refractivity contribution in [1.29, 1.82) is 0 Å². The van der Waals surface area contributed by atoms with Crippen molar-refractivity contribution in [2.75, 3.05) is 7.11 Å². The van der Waals surface area contributed by atoms with Crippen LogP contribution in [0, 0.1) is 0 Å². The maximum absolute atomic E-state index is 12.0. The van der Waals surface area contributed by atoms with Crippen LogP contribution in [0.2, 0.25) is 0 Å². The van der Waals surface area contributed by atoms with Crippen LogP contribution in [0.4, 0.5) is 0 Å². The summed E-state index contributed by atoms with van der Waals surface area (Å²) < 4.78 is 6.97. The summed E-state index contributed by atoms with van der Waals surface area (Å²) in [5, 5.41) is 7.18. The molecular weight excluding hydrogens is 326 g/mol. The lowest BCUT2D eigenvalue weighted by atomic mass is 10.2.